The molecule has 2 N–H and O–H groups in total. The second-order valence-corrected chi connectivity index (χ2v) is 14.0. The highest BCUT2D eigenvalue weighted by Gasteiger charge is 2.37. The first-order chi connectivity index (χ1) is 20.9. The maximum Gasteiger partial charge on any atom is 0.344 e. The first-order valence-electron chi connectivity index (χ1n) is 13.4. The van der Waals surface area contributed by atoms with Gasteiger partial charge in [-0.2, -0.15) is 3.71 Å². The summed E-state index contributed by atoms with van der Waals surface area (Å²) in [5.74, 6) is 0.322. The highest BCUT2D eigenvalue weighted by molar-refractivity contribution is 8.10. The molecule has 10 nitrogen and oxygen atoms in total. The Balaban J connectivity index is 1.65. The van der Waals surface area contributed by atoms with Crippen LogP contribution in [0.15, 0.2) is 116 Å². The molecule has 1 atom stereocenters. The minimum absolute atomic E-state index is 0.108. The fourth-order valence-corrected chi connectivity index (χ4v) is 8.12. The number of aliphatic hydroxyl groups is 2. The Morgan fingerprint density at radius 1 is 0.795 bits per heavy atom. The van der Waals surface area contributed by atoms with Crippen LogP contribution in [0.3, 0.4) is 0 Å². The molecule has 0 saturated carbocycles. The molecule has 0 aliphatic heterocycles. The number of ether oxygens (including phenoxy) is 1. The van der Waals surface area contributed by atoms with Crippen LogP contribution in [0.5, 0.6) is 5.75 Å². The Hall–Kier alpha value is -4.49. The third kappa shape index (κ3) is 6.24. The molecule has 0 bridgehead atoms. The molecular weight excluding hydrogens is 606 g/mol. The van der Waals surface area contributed by atoms with Crippen molar-refractivity contribution in [1.82, 2.24) is 0 Å². The van der Waals surface area contributed by atoms with Gasteiger partial charge in [0.15, 0.2) is 0 Å². The first kappa shape index (κ1) is 31.0. The van der Waals surface area contributed by atoms with Crippen molar-refractivity contribution in [2.45, 2.75) is 29.7 Å². The number of nitrogens with zero attached hydrogens (tertiary/aromatic N) is 1. The van der Waals surface area contributed by atoms with Gasteiger partial charge in [-0.25, -0.2) is 21.6 Å². The summed E-state index contributed by atoms with van der Waals surface area (Å²) in [5, 5.41) is 18.9. The molecule has 228 valence electrons. The fourth-order valence-electron chi connectivity index (χ4n) is 4.44. The van der Waals surface area contributed by atoms with Crippen LogP contribution < -0.4 is 14.1 Å². The minimum atomic E-state index is -4.65. The smallest absolute Gasteiger partial charge is 0.344 e. The Morgan fingerprint density at radius 2 is 1.39 bits per heavy atom. The van der Waals surface area contributed by atoms with Crippen molar-refractivity contribution in [1.29, 1.82) is 0 Å². The van der Waals surface area contributed by atoms with Crippen LogP contribution in [-0.4, -0.2) is 46.4 Å². The minimum Gasteiger partial charge on any atom is -0.491 e. The molecule has 0 amide bonds. The van der Waals surface area contributed by atoms with Gasteiger partial charge < -0.3 is 19.4 Å². The fraction of sp³-hybridized carbons (Fsp3) is 0.156. The average molecular weight is 636 g/mol. The zero-order valence-electron chi connectivity index (χ0n) is 23.7. The molecule has 1 heterocycles. The van der Waals surface area contributed by atoms with Crippen LogP contribution in [0.25, 0.3) is 22.1 Å². The second kappa shape index (κ2) is 12.2. The van der Waals surface area contributed by atoms with E-state index in [1.54, 1.807) is 62.4 Å². The SMILES string of the molecule is Cc1ccc(S(=O)(=O)N(c2ccc3oc(=O)c(-c4cccc(OCC(O)CO)c4)cc3c2)S(=O)(=O)c2ccc(C)cc2)cc1. The van der Waals surface area contributed by atoms with Gasteiger partial charge in [-0.05, 0) is 80.1 Å². The van der Waals surface area contributed by atoms with E-state index in [-0.39, 0.29) is 38.6 Å². The van der Waals surface area contributed by atoms with Crippen LogP contribution in [0.4, 0.5) is 5.69 Å². The third-order valence-corrected chi connectivity index (χ3v) is 11.0. The summed E-state index contributed by atoms with van der Waals surface area (Å²) in [6.07, 6.45) is -1.09. The molecule has 4 aromatic carbocycles. The number of anilines is 1. The van der Waals surface area contributed by atoms with Gasteiger partial charge in [0.05, 0.1) is 27.6 Å². The van der Waals surface area contributed by atoms with E-state index in [0.717, 1.165) is 11.1 Å². The standard InChI is InChI=1S/C32H29NO9S2/c1-21-6-11-28(12-7-21)43(37,38)33(44(39,40)29-13-8-22(2)9-14-29)25-10-15-31-24(16-25)18-30(32(36)42-31)23-4-3-5-27(17-23)41-20-26(35)19-34/h3-18,26,34-35H,19-20H2,1-2H3. The van der Waals surface area contributed by atoms with Crippen molar-refractivity contribution in [2.24, 2.45) is 0 Å². The highest BCUT2D eigenvalue weighted by Crippen LogP contribution is 2.34. The summed E-state index contributed by atoms with van der Waals surface area (Å²) >= 11 is 0. The zero-order valence-corrected chi connectivity index (χ0v) is 25.4. The molecule has 0 saturated heterocycles. The van der Waals surface area contributed by atoms with Crippen molar-refractivity contribution in [3.63, 3.8) is 0 Å². The van der Waals surface area contributed by atoms with E-state index in [4.69, 9.17) is 14.3 Å². The van der Waals surface area contributed by atoms with E-state index in [1.165, 1.54) is 48.5 Å². The van der Waals surface area contributed by atoms with Crippen LogP contribution in [-0.2, 0) is 20.0 Å². The van der Waals surface area contributed by atoms with Gasteiger partial charge in [-0.15, -0.1) is 0 Å². The summed E-state index contributed by atoms with van der Waals surface area (Å²) in [7, 11) is -9.30. The zero-order chi connectivity index (χ0) is 31.6. The largest absolute Gasteiger partial charge is 0.491 e. The predicted molar refractivity (Wildman–Crippen MR) is 166 cm³/mol. The highest BCUT2D eigenvalue weighted by atomic mass is 32.3. The summed E-state index contributed by atoms with van der Waals surface area (Å²) in [4.78, 5) is 12.5. The van der Waals surface area contributed by atoms with Gasteiger partial charge in [-0.3, -0.25) is 0 Å². The first-order valence-corrected chi connectivity index (χ1v) is 16.3. The summed E-state index contributed by atoms with van der Waals surface area (Å²) in [5.41, 5.74) is 1.34. The number of hydrogen-bond donors (Lipinski definition) is 2. The lowest BCUT2D eigenvalue weighted by molar-refractivity contribution is 0.0536. The Bertz CT molecular complexity index is 2010. The molecule has 0 fully saturated rings. The number of fused-ring (bicyclic) bond motifs is 1. The topological polar surface area (TPSA) is 151 Å². The van der Waals surface area contributed by atoms with E-state index in [1.807, 2.05) is 0 Å². The van der Waals surface area contributed by atoms with Gasteiger partial charge >= 0.3 is 5.63 Å². The van der Waals surface area contributed by atoms with Crippen LogP contribution in [0.2, 0.25) is 0 Å². The molecule has 12 heteroatoms. The molecule has 0 aliphatic rings. The van der Waals surface area contributed by atoms with Crippen LogP contribution >= 0.6 is 0 Å². The quantitative estimate of drug-likeness (QED) is 0.213. The van der Waals surface area contributed by atoms with Crippen molar-refractivity contribution < 1.29 is 36.2 Å². The molecular formula is C32H29NO9S2. The van der Waals surface area contributed by atoms with Gasteiger partial charge in [-0.1, -0.05) is 47.5 Å². The van der Waals surface area contributed by atoms with Crippen LogP contribution in [0.1, 0.15) is 11.1 Å². The van der Waals surface area contributed by atoms with Crippen LogP contribution in [0, 0.1) is 13.8 Å². The molecule has 1 unspecified atom stereocenters. The van der Waals surface area contributed by atoms with E-state index >= 15 is 0 Å². The molecule has 5 aromatic rings. The molecule has 1 aromatic heterocycles. The van der Waals surface area contributed by atoms with Gasteiger partial charge in [0.2, 0.25) is 0 Å². The summed E-state index contributed by atoms with van der Waals surface area (Å²) < 4.78 is 67.4. The van der Waals surface area contributed by atoms with Gasteiger partial charge in [0.1, 0.15) is 24.0 Å². The third-order valence-electron chi connectivity index (χ3n) is 6.80. The average Bonchev–Trinajstić information content (AvgIpc) is 3.00. The number of rotatable bonds is 10. The van der Waals surface area contributed by atoms with Crippen molar-refractivity contribution in [3.8, 4) is 16.9 Å². The lowest BCUT2D eigenvalue weighted by Gasteiger charge is -2.24. The Morgan fingerprint density at radius 3 is 1.95 bits per heavy atom. The second-order valence-electron chi connectivity index (χ2n) is 10.2. The predicted octanol–water partition coefficient (Wildman–Crippen LogP) is 4.39. The van der Waals surface area contributed by atoms with Crippen molar-refractivity contribution >= 4 is 36.7 Å². The number of aryl methyl sites for hydroxylation is 2. The number of sulfonamides is 2. The number of hydrogen-bond acceptors (Lipinski definition) is 9. The lowest BCUT2D eigenvalue weighted by atomic mass is 10.1. The number of aliphatic hydroxyl groups excluding tert-OH is 2. The normalized spacial score (nSPS) is 12.6. The molecule has 44 heavy (non-hydrogen) atoms. The van der Waals surface area contributed by atoms with Gasteiger partial charge in [0, 0.05) is 5.39 Å². The van der Waals surface area contributed by atoms with E-state index in [9.17, 15) is 26.7 Å². The monoisotopic (exact) mass is 635 g/mol. The molecule has 5 rings (SSSR count). The van der Waals surface area contributed by atoms with E-state index < -0.39 is 38.4 Å². The van der Waals surface area contributed by atoms with Crippen molar-refractivity contribution in [3.05, 3.63) is 119 Å². The summed E-state index contributed by atoms with van der Waals surface area (Å²) in [6.45, 7) is 2.92. The molecule has 0 radical (unpaired) electrons. The molecule has 0 spiro atoms. The maximum atomic E-state index is 14.0. The lowest BCUT2D eigenvalue weighted by Crippen LogP contribution is -2.37. The van der Waals surface area contributed by atoms with Crippen molar-refractivity contribution in [2.75, 3.05) is 16.9 Å². The Labute approximate surface area is 254 Å². The number of benzene rings is 4. The van der Waals surface area contributed by atoms with Gasteiger partial charge in [0.25, 0.3) is 20.0 Å². The Kier molecular flexibility index (Phi) is 8.62. The maximum absolute atomic E-state index is 14.0. The van der Waals surface area contributed by atoms with E-state index in [2.05, 4.69) is 0 Å². The summed E-state index contributed by atoms with van der Waals surface area (Å²) in [6, 6.07) is 23.5. The van der Waals surface area contributed by atoms with E-state index in [0.29, 0.717) is 15.0 Å². The molecule has 0 aliphatic carbocycles.